The van der Waals surface area contributed by atoms with Gasteiger partial charge in [0.1, 0.15) is 13.2 Å². The van der Waals surface area contributed by atoms with Crippen LogP contribution in [0.2, 0.25) is 0 Å². The third-order valence-corrected chi connectivity index (χ3v) is 15.0. The Hall–Kier alpha value is -3.93. The maximum absolute atomic E-state index is 12.9. The molecule has 6 heteroatoms. The van der Waals surface area contributed by atoms with E-state index >= 15 is 0 Å². The zero-order chi connectivity index (χ0) is 59.2. The predicted octanol–water partition coefficient (Wildman–Crippen LogP) is 24.2. The summed E-state index contributed by atoms with van der Waals surface area (Å²) in [6, 6.07) is 0. The molecule has 0 radical (unpaired) electrons. The van der Waals surface area contributed by atoms with Gasteiger partial charge in [-0.3, -0.25) is 14.4 Å². The zero-order valence-corrected chi connectivity index (χ0v) is 54.0. The van der Waals surface area contributed by atoms with Crippen LogP contribution in [0.4, 0.5) is 0 Å². The summed E-state index contributed by atoms with van der Waals surface area (Å²) in [4.78, 5) is 38.4. The summed E-state index contributed by atoms with van der Waals surface area (Å²) in [6.07, 6.45) is 95.4. The van der Waals surface area contributed by atoms with Crippen molar-refractivity contribution in [3.05, 3.63) is 109 Å². The van der Waals surface area contributed by atoms with Crippen LogP contribution in [0.1, 0.15) is 335 Å². The zero-order valence-electron chi connectivity index (χ0n) is 54.0. The minimum atomic E-state index is -0.785. The first kappa shape index (κ1) is 78.1. The van der Waals surface area contributed by atoms with Crippen molar-refractivity contribution in [1.29, 1.82) is 0 Å². The summed E-state index contributed by atoms with van der Waals surface area (Å²) in [5, 5.41) is 0. The van der Waals surface area contributed by atoms with Gasteiger partial charge < -0.3 is 14.2 Å². The molecule has 6 nitrogen and oxygen atoms in total. The summed E-state index contributed by atoms with van der Waals surface area (Å²) in [6.45, 7) is 6.55. The lowest BCUT2D eigenvalue weighted by Gasteiger charge is -2.18. The van der Waals surface area contributed by atoms with Crippen molar-refractivity contribution in [1.82, 2.24) is 0 Å². The largest absolute Gasteiger partial charge is 0.462 e. The Bertz CT molecular complexity index is 1640. The first-order valence-corrected chi connectivity index (χ1v) is 34.9. The fraction of sp³-hybridized carbons (Fsp3) is 0.724. The molecule has 0 rings (SSSR count). The summed E-state index contributed by atoms with van der Waals surface area (Å²) < 4.78 is 16.9. The van der Waals surface area contributed by atoms with Gasteiger partial charge >= 0.3 is 17.9 Å². The van der Waals surface area contributed by atoms with Crippen molar-refractivity contribution < 1.29 is 28.6 Å². The summed E-state index contributed by atoms with van der Waals surface area (Å²) >= 11 is 0. The van der Waals surface area contributed by atoms with E-state index in [0.717, 1.165) is 135 Å². The molecule has 1 atom stereocenters. The van der Waals surface area contributed by atoms with Crippen LogP contribution in [0.15, 0.2) is 109 Å². The van der Waals surface area contributed by atoms with Crippen molar-refractivity contribution in [3.8, 4) is 0 Å². The fourth-order valence-corrected chi connectivity index (χ4v) is 9.85. The van der Waals surface area contributed by atoms with E-state index in [9.17, 15) is 14.4 Å². The van der Waals surface area contributed by atoms with Gasteiger partial charge in [-0.1, -0.05) is 336 Å². The first-order chi connectivity index (χ1) is 40.5. The van der Waals surface area contributed by atoms with Crippen molar-refractivity contribution in [2.75, 3.05) is 13.2 Å². The molecule has 0 saturated heterocycles. The molecule has 0 bridgehead atoms. The Morgan fingerprint density at radius 1 is 0.256 bits per heavy atom. The molecule has 0 heterocycles. The Balaban J connectivity index is 4.29. The van der Waals surface area contributed by atoms with E-state index in [1.54, 1.807) is 0 Å². The van der Waals surface area contributed by atoms with Crippen LogP contribution >= 0.6 is 0 Å². The molecule has 0 aromatic heterocycles. The smallest absolute Gasteiger partial charge is 0.306 e. The van der Waals surface area contributed by atoms with Gasteiger partial charge in [0.25, 0.3) is 0 Å². The highest BCUT2D eigenvalue weighted by Crippen LogP contribution is 2.17. The van der Waals surface area contributed by atoms with E-state index in [0.29, 0.717) is 19.3 Å². The molecule has 0 aromatic carbocycles. The molecule has 0 N–H and O–H groups in total. The topological polar surface area (TPSA) is 78.9 Å². The molecule has 0 spiro atoms. The minimum Gasteiger partial charge on any atom is -0.462 e. The van der Waals surface area contributed by atoms with Crippen LogP contribution in [0, 0.1) is 0 Å². The Kier molecular flexibility index (Phi) is 66.2. The highest BCUT2D eigenvalue weighted by Gasteiger charge is 2.19. The van der Waals surface area contributed by atoms with Gasteiger partial charge in [0.2, 0.25) is 0 Å². The van der Waals surface area contributed by atoms with Gasteiger partial charge in [-0.15, -0.1) is 0 Å². The number of hydrogen-bond acceptors (Lipinski definition) is 6. The molecule has 82 heavy (non-hydrogen) atoms. The number of unbranched alkanes of at least 4 members (excludes halogenated alkanes) is 34. The monoisotopic (exact) mass is 1140 g/mol. The normalized spacial score (nSPS) is 12.8. The first-order valence-electron chi connectivity index (χ1n) is 34.9. The molecular formula is C76H130O6. The summed E-state index contributed by atoms with van der Waals surface area (Å²) in [5.41, 5.74) is 0. The minimum absolute atomic E-state index is 0.0797. The molecule has 0 saturated carbocycles. The van der Waals surface area contributed by atoms with E-state index in [1.807, 2.05) is 0 Å². The highest BCUT2D eigenvalue weighted by atomic mass is 16.6. The molecular weight excluding hydrogens is 1010 g/mol. The number of ether oxygens (including phenoxy) is 3. The number of rotatable bonds is 63. The maximum atomic E-state index is 12.9. The van der Waals surface area contributed by atoms with Crippen molar-refractivity contribution in [3.63, 3.8) is 0 Å². The second-order valence-corrected chi connectivity index (χ2v) is 23.1. The van der Waals surface area contributed by atoms with Gasteiger partial charge in [-0.25, -0.2) is 0 Å². The van der Waals surface area contributed by atoms with Crippen molar-refractivity contribution in [2.45, 2.75) is 341 Å². The van der Waals surface area contributed by atoms with Gasteiger partial charge in [-0.2, -0.15) is 0 Å². The van der Waals surface area contributed by atoms with Crippen LogP contribution < -0.4 is 0 Å². The molecule has 0 aliphatic rings. The van der Waals surface area contributed by atoms with Gasteiger partial charge in [0, 0.05) is 19.3 Å². The number of carbonyl (C=O) groups is 3. The number of allylic oxidation sites excluding steroid dienone is 18. The average molecular weight is 1140 g/mol. The van der Waals surface area contributed by atoms with Crippen LogP contribution in [0.25, 0.3) is 0 Å². The lowest BCUT2D eigenvalue weighted by Crippen LogP contribution is -2.30. The number of esters is 3. The maximum Gasteiger partial charge on any atom is 0.306 e. The molecule has 0 aromatic rings. The number of carbonyl (C=O) groups excluding carboxylic acids is 3. The molecule has 0 fully saturated rings. The van der Waals surface area contributed by atoms with E-state index < -0.39 is 6.10 Å². The highest BCUT2D eigenvalue weighted by molar-refractivity contribution is 5.71. The predicted molar refractivity (Wildman–Crippen MR) is 357 cm³/mol. The van der Waals surface area contributed by atoms with E-state index in [-0.39, 0.29) is 31.1 Å². The van der Waals surface area contributed by atoms with E-state index in [4.69, 9.17) is 14.2 Å². The van der Waals surface area contributed by atoms with Crippen LogP contribution in [-0.2, 0) is 28.6 Å². The summed E-state index contributed by atoms with van der Waals surface area (Å²) in [7, 11) is 0. The average Bonchev–Trinajstić information content (AvgIpc) is 3.47. The fourth-order valence-electron chi connectivity index (χ4n) is 9.85. The third-order valence-electron chi connectivity index (χ3n) is 15.0. The Morgan fingerprint density at radius 3 is 0.744 bits per heavy atom. The SMILES string of the molecule is CC/C=C\C/C=C\C/C=C\C/C=C\C/C=C\C/C=C\C/C=C\C/C=C\C/C=C\CCCCCCCC(=O)OCC(COC(=O)CCCCCCCCCCCCCC)OC(=O)CCCCCCCCCCCCCCCCCCCCC. The lowest BCUT2D eigenvalue weighted by molar-refractivity contribution is -0.167. The van der Waals surface area contributed by atoms with E-state index in [2.05, 4.69) is 130 Å². The number of hydrogen-bond donors (Lipinski definition) is 0. The van der Waals surface area contributed by atoms with Crippen LogP contribution in [0.3, 0.4) is 0 Å². The second kappa shape index (κ2) is 69.6. The molecule has 0 aliphatic carbocycles. The second-order valence-electron chi connectivity index (χ2n) is 23.1. The molecule has 0 aliphatic heterocycles. The quantitative estimate of drug-likeness (QED) is 0.0261. The molecule has 1 unspecified atom stereocenters. The lowest BCUT2D eigenvalue weighted by atomic mass is 10.0. The van der Waals surface area contributed by atoms with Crippen molar-refractivity contribution in [2.24, 2.45) is 0 Å². The standard InChI is InChI=1S/C76H130O6/c1-4-7-10-13-16-19-22-25-27-29-31-32-33-34-35-36-37-38-39-40-41-42-43-44-46-47-49-51-54-57-60-63-66-69-75(78)81-72-73(71-80-74(77)68-65-62-59-56-53-24-21-18-15-12-9-6-3)82-76(79)70-67-64-61-58-55-52-50-48-45-30-28-26-23-20-17-14-11-8-5-2/h7,10,16,19,25,27,31-32,34-35,37-38,40-41,43-44,47,49,73H,4-6,8-9,11-15,17-18,20-24,26,28-30,33,36,39,42,45-46,48,50-72H2,1-3H3/b10-7-,19-16-,27-25-,32-31-,35-34-,38-37-,41-40-,44-43-,49-47-. The third kappa shape index (κ3) is 66.9. The molecule has 0 amide bonds. The van der Waals surface area contributed by atoms with Crippen LogP contribution in [0.5, 0.6) is 0 Å². The molecule has 470 valence electrons. The summed E-state index contributed by atoms with van der Waals surface area (Å²) in [5.74, 6) is -0.884. The van der Waals surface area contributed by atoms with Gasteiger partial charge in [-0.05, 0) is 89.9 Å². The van der Waals surface area contributed by atoms with Gasteiger partial charge in [0.05, 0.1) is 0 Å². The van der Waals surface area contributed by atoms with Gasteiger partial charge in [0.15, 0.2) is 6.10 Å². The van der Waals surface area contributed by atoms with Crippen molar-refractivity contribution >= 4 is 17.9 Å². The Labute approximate surface area is 508 Å². The van der Waals surface area contributed by atoms with E-state index in [1.165, 1.54) is 161 Å². The van der Waals surface area contributed by atoms with Crippen LogP contribution in [-0.4, -0.2) is 37.2 Å². The Morgan fingerprint density at radius 2 is 0.476 bits per heavy atom.